The van der Waals surface area contributed by atoms with Gasteiger partial charge in [-0.05, 0) is 42.5 Å². The first kappa shape index (κ1) is 17.7. The second kappa shape index (κ2) is 8.34. The Morgan fingerprint density at radius 3 is 2.65 bits per heavy atom. The largest absolute Gasteiger partial charge is 0.395 e. The molecule has 2 aromatic rings. The van der Waals surface area contributed by atoms with Crippen LogP contribution in [0.25, 0.3) is 0 Å². The van der Waals surface area contributed by atoms with Crippen LogP contribution in [0.4, 0.5) is 0 Å². The maximum Gasteiger partial charge on any atom is 0.0558 e. The Balaban J connectivity index is 1.50. The third kappa shape index (κ3) is 3.71. The molecule has 3 atom stereocenters. The molecule has 0 aromatic heterocycles. The number of likely N-dealkylation sites (tertiary alicyclic amines) is 1. The number of hydrogen-bond donors (Lipinski definition) is 2. The van der Waals surface area contributed by atoms with E-state index in [0.29, 0.717) is 18.0 Å². The van der Waals surface area contributed by atoms with Gasteiger partial charge in [0.15, 0.2) is 0 Å². The summed E-state index contributed by atoms with van der Waals surface area (Å²) in [7, 11) is 0. The summed E-state index contributed by atoms with van der Waals surface area (Å²) in [6.07, 6.45) is 4.91. The van der Waals surface area contributed by atoms with Gasteiger partial charge in [0.25, 0.3) is 0 Å². The number of nitrogens with one attached hydrogen (secondary N) is 1. The van der Waals surface area contributed by atoms with Crippen LogP contribution in [0.1, 0.15) is 41.9 Å². The molecule has 2 N–H and O–H groups in total. The van der Waals surface area contributed by atoms with Crippen LogP contribution in [0.15, 0.2) is 54.6 Å². The minimum atomic E-state index is 0.262. The first-order valence-electron chi connectivity index (χ1n) is 10.1. The molecule has 3 nitrogen and oxygen atoms in total. The average molecular weight is 351 g/mol. The second-order valence-electron chi connectivity index (χ2n) is 7.72. The maximum atomic E-state index is 9.36. The number of rotatable bonds is 6. The second-order valence-corrected chi connectivity index (χ2v) is 7.72. The van der Waals surface area contributed by atoms with Crippen LogP contribution in [0.2, 0.25) is 0 Å². The molecule has 138 valence electrons. The molecule has 0 radical (unpaired) electrons. The molecular weight excluding hydrogens is 320 g/mol. The van der Waals surface area contributed by atoms with Gasteiger partial charge < -0.3 is 10.4 Å². The Labute approximate surface area is 157 Å². The van der Waals surface area contributed by atoms with Gasteiger partial charge in [0.05, 0.1) is 6.61 Å². The summed E-state index contributed by atoms with van der Waals surface area (Å²) < 4.78 is 0. The van der Waals surface area contributed by atoms with Gasteiger partial charge in [0, 0.05) is 31.1 Å². The number of fused-ring (bicyclic) bond motifs is 1. The molecule has 1 aliphatic carbocycles. The fourth-order valence-corrected chi connectivity index (χ4v) is 4.86. The lowest BCUT2D eigenvalue weighted by Crippen LogP contribution is -2.49. The Bertz CT molecular complexity index is 700. The minimum Gasteiger partial charge on any atom is -0.395 e. The van der Waals surface area contributed by atoms with Crippen molar-refractivity contribution < 1.29 is 5.11 Å². The summed E-state index contributed by atoms with van der Waals surface area (Å²) in [6, 6.07) is 20.8. The molecule has 26 heavy (non-hydrogen) atoms. The number of β-amino-alcohol motifs (C(OH)–C–C–N with tert-alkyl or cyclic N) is 1. The fraction of sp³-hybridized carbons (Fsp3) is 0.478. The average Bonchev–Trinajstić information content (AvgIpc) is 3.06. The van der Waals surface area contributed by atoms with Gasteiger partial charge in [-0.1, -0.05) is 61.0 Å². The van der Waals surface area contributed by atoms with Crippen LogP contribution >= 0.6 is 0 Å². The van der Waals surface area contributed by atoms with Crippen molar-refractivity contribution in [3.63, 3.8) is 0 Å². The van der Waals surface area contributed by atoms with Crippen molar-refractivity contribution >= 4 is 0 Å². The van der Waals surface area contributed by atoms with Gasteiger partial charge in [-0.25, -0.2) is 0 Å². The van der Waals surface area contributed by atoms with Gasteiger partial charge in [-0.3, -0.25) is 4.90 Å². The van der Waals surface area contributed by atoms with Crippen molar-refractivity contribution in [2.45, 2.75) is 43.7 Å². The standard InChI is InChI=1S/C23H30N2O/c26-15-14-25-13-7-6-11-20(25)17-24-22-16-19-10-4-5-12-21(19)23(22)18-8-2-1-3-9-18/h1-5,8-10,12,20,22-24,26H,6-7,11,13-17H2. The Morgan fingerprint density at radius 1 is 1.00 bits per heavy atom. The van der Waals surface area contributed by atoms with Crippen molar-refractivity contribution in [1.82, 2.24) is 10.2 Å². The van der Waals surface area contributed by atoms with Crippen LogP contribution < -0.4 is 5.32 Å². The molecule has 0 bridgehead atoms. The van der Waals surface area contributed by atoms with Crippen LogP contribution in [-0.4, -0.2) is 48.3 Å². The molecule has 3 heteroatoms. The summed E-state index contributed by atoms with van der Waals surface area (Å²) in [5, 5.41) is 13.3. The van der Waals surface area contributed by atoms with Crippen molar-refractivity contribution in [1.29, 1.82) is 0 Å². The van der Waals surface area contributed by atoms with E-state index in [1.54, 1.807) is 0 Å². The number of piperidine rings is 1. The zero-order valence-electron chi connectivity index (χ0n) is 15.5. The molecule has 1 fully saturated rings. The lowest BCUT2D eigenvalue weighted by Gasteiger charge is -2.36. The highest BCUT2D eigenvalue weighted by molar-refractivity contribution is 5.44. The van der Waals surface area contributed by atoms with E-state index in [1.807, 2.05) is 0 Å². The van der Waals surface area contributed by atoms with Crippen LogP contribution in [-0.2, 0) is 6.42 Å². The van der Waals surface area contributed by atoms with E-state index in [0.717, 1.165) is 26.1 Å². The molecule has 1 heterocycles. The Kier molecular flexibility index (Phi) is 5.68. The predicted molar refractivity (Wildman–Crippen MR) is 107 cm³/mol. The molecule has 4 rings (SSSR count). The van der Waals surface area contributed by atoms with Gasteiger partial charge >= 0.3 is 0 Å². The van der Waals surface area contributed by atoms with Crippen LogP contribution in [0, 0.1) is 0 Å². The molecule has 2 aromatic carbocycles. The highest BCUT2D eigenvalue weighted by Gasteiger charge is 2.34. The van der Waals surface area contributed by atoms with Crippen molar-refractivity contribution in [3.05, 3.63) is 71.3 Å². The van der Waals surface area contributed by atoms with E-state index in [4.69, 9.17) is 0 Å². The van der Waals surface area contributed by atoms with Gasteiger partial charge in [-0.2, -0.15) is 0 Å². The van der Waals surface area contributed by atoms with Crippen LogP contribution in [0.5, 0.6) is 0 Å². The first-order valence-corrected chi connectivity index (χ1v) is 10.1. The highest BCUT2D eigenvalue weighted by atomic mass is 16.3. The lowest BCUT2D eigenvalue weighted by molar-refractivity contribution is 0.113. The smallest absolute Gasteiger partial charge is 0.0558 e. The molecule has 1 saturated heterocycles. The molecule has 3 unspecified atom stereocenters. The Morgan fingerprint density at radius 2 is 1.81 bits per heavy atom. The monoisotopic (exact) mass is 350 g/mol. The lowest BCUT2D eigenvalue weighted by atomic mass is 9.90. The summed E-state index contributed by atoms with van der Waals surface area (Å²) in [6.45, 7) is 3.21. The first-order chi connectivity index (χ1) is 12.9. The van der Waals surface area contributed by atoms with Crippen molar-refractivity contribution in [2.24, 2.45) is 0 Å². The summed E-state index contributed by atoms with van der Waals surface area (Å²) in [4.78, 5) is 2.47. The third-order valence-electron chi connectivity index (χ3n) is 6.14. The topological polar surface area (TPSA) is 35.5 Å². The number of nitrogens with zero attached hydrogens (tertiary/aromatic N) is 1. The number of aliphatic hydroxyl groups is 1. The molecule has 0 spiro atoms. The van der Waals surface area contributed by atoms with E-state index in [1.165, 1.54) is 36.0 Å². The molecule has 2 aliphatic rings. The Hall–Kier alpha value is -1.68. The fourth-order valence-electron chi connectivity index (χ4n) is 4.86. The van der Waals surface area contributed by atoms with Crippen molar-refractivity contribution in [3.8, 4) is 0 Å². The van der Waals surface area contributed by atoms with E-state index < -0.39 is 0 Å². The number of hydrogen-bond acceptors (Lipinski definition) is 3. The highest BCUT2D eigenvalue weighted by Crippen LogP contribution is 2.38. The summed E-state index contributed by atoms with van der Waals surface area (Å²) in [5.74, 6) is 0.433. The van der Waals surface area contributed by atoms with Crippen molar-refractivity contribution in [2.75, 3.05) is 26.2 Å². The molecular formula is C23H30N2O. The third-order valence-corrected chi connectivity index (χ3v) is 6.14. The van der Waals surface area contributed by atoms with Gasteiger partial charge in [-0.15, -0.1) is 0 Å². The van der Waals surface area contributed by atoms with E-state index in [-0.39, 0.29) is 6.61 Å². The summed E-state index contributed by atoms with van der Waals surface area (Å²) in [5.41, 5.74) is 4.37. The number of aliphatic hydroxyl groups excluding tert-OH is 1. The minimum absolute atomic E-state index is 0.262. The number of benzene rings is 2. The van der Waals surface area contributed by atoms with Gasteiger partial charge in [0.2, 0.25) is 0 Å². The zero-order chi connectivity index (χ0) is 17.8. The summed E-state index contributed by atoms with van der Waals surface area (Å²) >= 11 is 0. The molecule has 1 aliphatic heterocycles. The van der Waals surface area contributed by atoms with Crippen LogP contribution in [0.3, 0.4) is 0 Å². The van der Waals surface area contributed by atoms with E-state index >= 15 is 0 Å². The normalized spacial score (nSPS) is 26.0. The zero-order valence-corrected chi connectivity index (χ0v) is 15.5. The van der Waals surface area contributed by atoms with E-state index in [9.17, 15) is 5.11 Å². The van der Waals surface area contributed by atoms with E-state index in [2.05, 4.69) is 64.8 Å². The molecule has 0 saturated carbocycles. The molecule has 0 amide bonds. The maximum absolute atomic E-state index is 9.36. The quantitative estimate of drug-likeness (QED) is 0.840. The van der Waals surface area contributed by atoms with Gasteiger partial charge in [0.1, 0.15) is 0 Å². The SMILES string of the molecule is OCCN1CCCCC1CNC1Cc2ccccc2C1c1ccccc1. The predicted octanol–water partition coefficient (Wildman–Crippen LogP) is 3.18.